The fourth-order valence-electron chi connectivity index (χ4n) is 1.87. The second-order valence-electron chi connectivity index (χ2n) is 4.55. The van der Waals surface area contributed by atoms with Gasteiger partial charge in [0.15, 0.2) is 5.96 Å². The minimum Gasteiger partial charge on any atom is -0.380 e. The molecule has 1 N–H and O–H groups in total. The van der Waals surface area contributed by atoms with Gasteiger partial charge in [-0.15, -0.1) is 0 Å². The lowest BCUT2D eigenvalue weighted by Crippen LogP contribution is -2.39. The molecule has 0 unspecified atom stereocenters. The molecule has 1 aromatic rings. The van der Waals surface area contributed by atoms with Gasteiger partial charge in [0.1, 0.15) is 0 Å². The van der Waals surface area contributed by atoms with E-state index in [2.05, 4.69) is 22.1 Å². The van der Waals surface area contributed by atoms with Gasteiger partial charge in [0.2, 0.25) is 0 Å². The van der Waals surface area contributed by atoms with Crippen molar-refractivity contribution in [3.8, 4) is 0 Å². The first-order valence-electron chi connectivity index (χ1n) is 6.96. The molecule has 0 saturated carbocycles. The quantitative estimate of drug-likeness (QED) is 0.476. The molecule has 0 aliphatic heterocycles. The normalized spacial score (nSPS) is 11.8. The highest BCUT2D eigenvalue weighted by molar-refractivity contribution is 6.30. The van der Waals surface area contributed by atoms with E-state index in [0.717, 1.165) is 36.4 Å². The third-order valence-electron chi connectivity index (χ3n) is 2.87. The first-order valence-corrected chi connectivity index (χ1v) is 7.34. The average Bonchev–Trinajstić information content (AvgIpc) is 2.71. The van der Waals surface area contributed by atoms with Crippen molar-refractivity contribution in [2.24, 2.45) is 12.0 Å². The molecule has 0 aliphatic carbocycles. The van der Waals surface area contributed by atoms with Crippen LogP contribution in [0, 0.1) is 0 Å². The molecular formula is C14H25ClN4O. The summed E-state index contributed by atoms with van der Waals surface area (Å²) in [5.74, 6) is 0.879. The zero-order valence-electron chi connectivity index (χ0n) is 12.8. The van der Waals surface area contributed by atoms with Gasteiger partial charge in [-0.05, 0) is 19.9 Å². The maximum Gasteiger partial charge on any atom is 0.194 e. The molecule has 0 atom stereocenters. The summed E-state index contributed by atoms with van der Waals surface area (Å²) in [6, 6.07) is 1.97. The lowest BCUT2D eigenvalue weighted by atomic mass is 10.4. The van der Waals surface area contributed by atoms with E-state index in [1.54, 1.807) is 0 Å². The molecule has 0 bridgehead atoms. The van der Waals surface area contributed by atoms with E-state index < -0.39 is 0 Å². The molecule has 0 amide bonds. The Kier molecular flexibility index (Phi) is 7.47. The van der Waals surface area contributed by atoms with Gasteiger partial charge in [0, 0.05) is 39.1 Å². The Labute approximate surface area is 126 Å². The van der Waals surface area contributed by atoms with Crippen LogP contribution in [0.5, 0.6) is 0 Å². The summed E-state index contributed by atoms with van der Waals surface area (Å²) in [6.45, 7) is 7.67. The Hall–Kier alpha value is -1.20. The van der Waals surface area contributed by atoms with Gasteiger partial charge in [-0.3, -0.25) is 4.99 Å². The molecule has 114 valence electrons. The number of hydrogen-bond donors (Lipinski definition) is 1. The van der Waals surface area contributed by atoms with Crippen LogP contribution in [0.4, 0.5) is 0 Å². The third kappa shape index (κ3) is 5.43. The van der Waals surface area contributed by atoms with E-state index in [1.807, 2.05) is 37.8 Å². The van der Waals surface area contributed by atoms with Gasteiger partial charge < -0.3 is 19.5 Å². The Bertz CT molecular complexity index is 431. The number of rotatable bonds is 7. The van der Waals surface area contributed by atoms with E-state index in [4.69, 9.17) is 16.3 Å². The number of aryl methyl sites for hydroxylation is 1. The molecule has 0 radical (unpaired) electrons. The van der Waals surface area contributed by atoms with Gasteiger partial charge in [-0.2, -0.15) is 0 Å². The summed E-state index contributed by atoms with van der Waals surface area (Å²) in [6.07, 6.45) is 1.91. The topological polar surface area (TPSA) is 41.8 Å². The van der Waals surface area contributed by atoms with Crippen molar-refractivity contribution >= 4 is 17.6 Å². The molecule has 0 fully saturated rings. The molecule has 1 heterocycles. The van der Waals surface area contributed by atoms with Crippen LogP contribution in [0.1, 0.15) is 19.5 Å². The summed E-state index contributed by atoms with van der Waals surface area (Å²) in [5.41, 5.74) is 1.15. The van der Waals surface area contributed by atoms with Crippen LogP contribution in [0.2, 0.25) is 5.02 Å². The van der Waals surface area contributed by atoms with Gasteiger partial charge in [0.25, 0.3) is 0 Å². The zero-order valence-corrected chi connectivity index (χ0v) is 13.6. The second kappa shape index (κ2) is 8.87. The first kappa shape index (κ1) is 16.9. The molecule has 1 aromatic heterocycles. The van der Waals surface area contributed by atoms with Crippen LogP contribution in [0.3, 0.4) is 0 Å². The number of nitrogens with zero attached hydrogens (tertiary/aromatic N) is 3. The highest BCUT2D eigenvalue weighted by atomic mass is 35.5. The van der Waals surface area contributed by atoms with Crippen LogP contribution < -0.4 is 5.32 Å². The number of aromatic nitrogens is 1. The Morgan fingerprint density at radius 2 is 2.25 bits per heavy atom. The van der Waals surface area contributed by atoms with Crippen LogP contribution in [0.25, 0.3) is 0 Å². The molecule has 20 heavy (non-hydrogen) atoms. The minimum absolute atomic E-state index is 0.648. The van der Waals surface area contributed by atoms with Crippen molar-refractivity contribution in [1.82, 2.24) is 14.8 Å². The molecule has 1 rings (SSSR count). The fourth-order valence-corrected chi connectivity index (χ4v) is 2.14. The van der Waals surface area contributed by atoms with E-state index in [0.29, 0.717) is 13.2 Å². The maximum absolute atomic E-state index is 6.01. The molecule has 0 saturated heterocycles. The molecule has 6 heteroatoms. The van der Waals surface area contributed by atoms with E-state index in [-0.39, 0.29) is 0 Å². The Morgan fingerprint density at radius 3 is 2.80 bits per heavy atom. The van der Waals surface area contributed by atoms with Crippen molar-refractivity contribution in [3.63, 3.8) is 0 Å². The van der Waals surface area contributed by atoms with Crippen molar-refractivity contribution < 1.29 is 4.74 Å². The van der Waals surface area contributed by atoms with Crippen molar-refractivity contribution in [2.45, 2.75) is 20.4 Å². The van der Waals surface area contributed by atoms with Gasteiger partial charge >= 0.3 is 0 Å². The largest absolute Gasteiger partial charge is 0.380 e. The molecule has 5 nitrogen and oxygen atoms in total. The summed E-state index contributed by atoms with van der Waals surface area (Å²) in [7, 11) is 4.01. The second-order valence-corrected chi connectivity index (χ2v) is 4.99. The summed E-state index contributed by atoms with van der Waals surface area (Å²) < 4.78 is 7.34. The SMILES string of the molecule is CCNC(=NCCOCC)N(C)Cc1cc(Cl)cn1C. The van der Waals surface area contributed by atoms with Gasteiger partial charge in [-0.25, -0.2) is 0 Å². The monoisotopic (exact) mass is 300 g/mol. The average molecular weight is 301 g/mol. The van der Waals surface area contributed by atoms with Crippen LogP contribution >= 0.6 is 11.6 Å². The predicted molar refractivity (Wildman–Crippen MR) is 84.4 cm³/mol. The van der Waals surface area contributed by atoms with Gasteiger partial charge in [-0.1, -0.05) is 11.6 Å². The highest BCUT2D eigenvalue weighted by Gasteiger charge is 2.09. The third-order valence-corrected chi connectivity index (χ3v) is 3.08. The molecule has 0 aromatic carbocycles. The lowest BCUT2D eigenvalue weighted by Gasteiger charge is -2.22. The Balaban J connectivity index is 2.63. The van der Waals surface area contributed by atoms with E-state index in [9.17, 15) is 0 Å². The number of nitrogens with one attached hydrogen (secondary N) is 1. The van der Waals surface area contributed by atoms with Gasteiger partial charge in [0.05, 0.1) is 24.7 Å². The number of aliphatic imine (C=N–C) groups is 1. The number of ether oxygens (including phenoxy) is 1. The summed E-state index contributed by atoms with van der Waals surface area (Å²) in [4.78, 5) is 6.63. The number of guanidine groups is 1. The minimum atomic E-state index is 0.648. The molecular weight excluding hydrogens is 276 g/mol. The standard InChI is InChI=1S/C14H25ClN4O/c1-5-16-14(17-7-8-20-6-2)19(4)11-13-9-12(15)10-18(13)3/h9-10H,5-8,11H2,1-4H3,(H,16,17). The van der Waals surface area contributed by atoms with Crippen LogP contribution in [-0.2, 0) is 18.3 Å². The summed E-state index contributed by atoms with van der Waals surface area (Å²) in [5, 5.41) is 4.04. The molecule has 0 spiro atoms. The first-order chi connectivity index (χ1) is 9.58. The summed E-state index contributed by atoms with van der Waals surface area (Å²) >= 11 is 6.01. The predicted octanol–water partition coefficient (Wildman–Crippen LogP) is 2.11. The lowest BCUT2D eigenvalue weighted by molar-refractivity contribution is 0.155. The number of hydrogen-bond acceptors (Lipinski definition) is 2. The fraction of sp³-hybridized carbons (Fsp3) is 0.643. The maximum atomic E-state index is 6.01. The van der Waals surface area contributed by atoms with E-state index in [1.165, 1.54) is 0 Å². The van der Waals surface area contributed by atoms with E-state index >= 15 is 0 Å². The zero-order chi connectivity index (χ0) is 15.0. The van der Waals surface area contributed by atoms with Crippen LogP contribution in [-0.4, -0.2) is 48.8 Å². The molecule has 0 aliphatic rings. The van der Waals surface area contributed by atoms with Crippen LogP contribution in [0.15, 0.2) is 17.3 Å². The van der Waals surface area contributed by atoms with Crippen molar-refractivity contribution in [3.05, 3.63) is 23.0 Å². The van der Waals surface area contributed by atoms with Crippen molar-refractivity contribution in [1.29, 1.82) is 0 Å². The number of halogens is 1. The Morgan fingerprint density at radius 1 is 1.50 bits per heavy atom. The van der Waals surface area contributed by atoms with Crippen molar-refractivity contribution in [2.75, 3.05) is 33.4 Å². The smallest absolute Gasteiger partial charge is 0.194 e. The highest BCUT2D eigenvalue weighted by Crippen LogP contribution is 2.14.